The summed E-state index contributed by atoms with van der Waals surface area (Å²) < 4.78 is 53.1. The van der Waals surface area contributed by atoms with Gasteiger partial charge in [-0.2, -0.15) is 0 Å². The standard InChI is InChI=1S/C12H15F2NO4S/c1-3-8(4-2)15-20(18,19)10-6-7(12(16)17)5-9(13)11(10)14/h5-6,8,15H,3-4H2,1-2H3,(H,16,17). The number of hydrogen-bond acceptors (Lipinski definition) is 3. The summed E-state index contributed by atoms with van der Waals surface area (Å²) in [5.41, 5.74) is -0.631. The fraction of sp³-hybridized carbons (Fsp3) is 0.417. The van der Waals surface area contributed by atoms with Gasteiger partial charge in [0.15, 0.2) is 11.6 Å². The molecule has 0 atom stereocenters. The summed E-state index contributed by atoms with van der Waals surface area (Å²) in [4.78, 5) is 9.78. The largest absolute Gasteiger partial charge is 0.478 e. The summed E-state index contributed by atoms with van der Waals surface area (Å²) in [6.07, 6.45) is 0.941. The van der Waals surface area contributed by atoms with Gasteiger partial charge in [0.25, 0.3) is 0 Å². The zero-order valence-corrected chi connectivity index (χ0v) is 11.8. The van der Waals surface area contributed by atoms with Gasteiger partial charge in [-0.1, -0.05) is 13.8 Å². The number of carboxylic acid groups (broad SMARTS) is 1. The van der Waals surface area contributed by atoms with Gasteiger partial charge in [0.1, 0.15) is 4.90 Å². The van der Waals surface area contributed by atoms with Crippen molar-refractivity contribution in [1.29, 1.82) is 0 Å². The molecule has 0 bridgehead atoms. The highest BCUT2D eigenvalue weighted by Crippen LogP contribution is 2.20. The summed E-state index contributed by atoms with van der Waals surface area (Å²) in [7, 11) is -4.32. The number of benzene rings is 1. The van der Waals surface area contributed by atoms with E-state index in [9.17, 15) is 22.0 Å². The van der Waals surface area contributed by atoms with Crippen LogP contribution in [0.2, 0.25) is 0 Å². The molecule has 20 heavy (non-hydrogen) atoms. The second-order valence-corrected chi connectivity index (χ2v) is 5.89. The molecule has 0 aromatic heterocycles. The third kappa shape index (κ3) is 3.51. The Labute approximate surface area is 115 Å². The van der Waals surface area contributed by atoms with E-state index in [0.717, 1.165) is 0 Å². The lowest BCUT2D eigenvalue weighted by atomic mass is 10.2. The molecule has 0 aliphatic carbocycles. The summed E-state index contributed by atoms with van der Waals surface area (Å²) in [6, 6.07) is 0.607. The van der Waals surface area contributed by atoms with Crippen LogP contribution in [0.1, 0.15) is 37.0 Å². The molecule has 0 spiro atoms. The molecule has 0 heterocycles. The van der Waals surface area contributed by atoms with E-state index in [2.05, 4.69) is 4.72 Å². The van der Waals surface area contributed by atoms with Crippen molar-refractivity contribution < 1.29 is 27.1 Å². The summed E-state index contributed by atoms with van der Waals surface area (Å²) >= 11 is 0. The molecular formula is C12H15F2NO4S. The van der Waals surface area contributed by atoms with Crippen molar-refractivity contribution in [2.24, 2.45) is 0 Å². The minimum absolute atomic E-state index is 0.434. The minimum atomic E-state index is -4.32. The average molecular weight is 307 g/mol. The molecule has 8 heteroatoms. The Bertz CT molecular complexity index is 612. The Balaban J connectivity index is 3.34. The van der Waals surface area contributed by atoms with Gasteiger partial charge in [0, 0.05) is 6.04 Å². The van der Waals surface area contributed by atoms with Crippen LogP contribution >= 0.6 is 0 Å². The minimum Gasteiger partial charge on any atom is -0.478 e. The Kier molecular flexibility index (Phi) is 5.18. The molecule has 112 valence electrons. The molecule has 0 radical (unpaired) electrons. The lowest BCUT2D eigenvalue weighted by molar-refractivity contribution is 0.0696. The number of carbonyl (C=O) groups is 1. The van der Waals surface area contributed by atoms with E-state index in [1.165, 1.54) is 0 Å². The van der Waals surface area contributed by atoms with Gasteiger partial charge in [0.05, 0.1) is 5.56 Å². The maximum Gasteiger partial charge on any atom is 0.335 e. The van der Waals surface area contributed by atoms with E-state index < -0.39 is 44.1 Å². The number of nitrogens with one attached hydrogen (secondary N) is 1. The Morgan fingerprint density at radius 2 is 1.85 bits per heavy atom. The molecule has 1 aromatic rings. The number of sulfonamides is 1. The molecule has 0 saturated heterocycles. The van der Waals surface area contributed by atoms with Crippen molar-refractivity contribution in [3.8, 4) is 0 Å². The van der Waals surface area contributed by atoms with Crippen molar-refractivity contribution >= 4 is 16.0 Å². The molecule has 5 nitrogen and oxygen atoms in total. The Morgan fingerprint density at radius 1 is 1.30 bits per heavy atom. The molecule has 0 amide bonds. The van der Waals surface area contributed by atoms with Crippen LogP contribution in [-0.2, 0) is 10.0 Å². The predicted molar refractivity (Wildman–Crippen MR) is 68.0 cm³/mol. The average Bonchev–Trinajstić information content (AvgIpc) is 2.38. The monoisotopic (exact) mass is 307 g/mol. The first-order valence-electron chi connectivity index (χ1n) is 5.97. The molecule has 0 unspecified atom stereocenters. The highest BCUT2D eigenvalue weighted by atomic mass is 32.2. The van der Waals surface area contributed by atoms with E-state index in [1.54, 1.807) is 13.8 Å². The van der Waals surface area contributed by atoms with Crippen molar-refractivity contribution in [2.75, 3.05) is 0 Å². The quantitative estimate of drug-likeness (QED) is 0.843. The van der Waals surface area contributed by atoms with Crippen LogP contribution < -0.4 is 4.72 Å². The van der Waals surface area contributed by atoms with Gasteiger partial charge in [-0.25, -0.2) is 26.7 Å². The number of rotatable bonds is 6. The van der Waals surface area contributed by atoms with E-state index in [-0.39, 0.29) is 0 Å². The van der Waals surface area contributed by atoms with E-state index in [4.69, 9.17) is 5.11 Å². The van der Waals surface area contributed by atoms with Crippen molar-refractivity contribution in [2.45, 2.75) is 37.6 Å². The van der Waals surface area contributed by atoms with E-state index in [0.29, 0.717) is 25.0 Å². The van der Waals surface area contributed by atoms with Crippen LogP contribution in [0.15, 0.2) is 17.0 Å². The highest BCUT2D eigenvalue weighted by Gasteiger charge is 2.26. The fourth-order valence-electron chi connectivity index (χ4n) is 1.62. The molecule has 2 N–H and O–H groups in total. The van der Waals surface area contributed by atoms with Crippen LogP contribution in [0.3, 0.4) is 0 Å². The zero-order valence-electron chi connectivity index (χ0n) is 11.0. The third-order valence-corrected chi connectivity index (χ3v) is 4.36. The lowest BCUT2D eigenvalue weighted by Gasteiger charge is -2.15. The SMILES string of the molecule is CCC(CC)NS(=O)(=O)c1cc(C(=O)O)cc(F)c1F. The van der Waals surface area contributed by atoms with Gasteiger partial charge in [0.2, 0.25) is 10.0 Å². The molecule has 0 aliphatic heterocycles. The molecular weight excluding hydrogens is 292 g/mol. The number of aromatic carboxylic acids is 1. The lowest BCUT2D eigenvalue weighted by Crippen LogP contribution is -2.34. The normalized spacial score (nSPS) is 11.8. The van der Waals surface area contributed by atoms with Crippen LogP contribution in [-0.4, -0.2) is 25.5 Å². The molecule has 0 fully saturated rings. The molecule has 0 aliphatic rings. The maximum atomic E-state index is 13.6. The maximum absolute atomic E-state index is 13.6. The van der Waals surface area contributed by atoms with E-state index >= 15 is 0 Å². The molecule has 1 aromatic carbocycles. The van der Waals surface area contributed by atoms with Crippen LogP contribution in [0.25, 0.3) is 0 Å². The van der Waals surface area contributed by atoms with Crippen molar-refractivity contribution in [3.05, 3.63) is 29.3 Å². The van der Waals surface area contributed by atoms with Crippen LogP contribution in [0.5, 0.6) is 0 Å². The topological polar surface area (TPSA) is 83.5 Å². The summed E-state index contributed by atoms with van der Waals surface area (Å²) in [6.45, 7) is 3.47. The smallest absolute Gasteiger partial charge is 0.335 e. The van der Waals surface area contributed by atoms with Gasteiger partial charge in [-0.3, -0.25) is 0 Å². The molecule has 1 rings (SSSR count). The van der Waals surface area contributed by atoms with E-state index in [1.807, 2.05) is 0 Å². The Hall–Kier alpha value is -1.54. The van der Waals surface area contributed by atoms with Crippen LogP contribution in [0, 0.1) is 11.6 Å². The van der Waals surface area contributed by atoms with Gasteiger partial charge >= 0.3 is 5.97 Å². The predicted octanol–water partition coefficient (Wildman–Crippen LogP) is 2.13. The van der Waals surface area contributed by atoms with Gasteiger partial charge in [-0.05, 0) is 25.0 Å². The number of halogens is 2. The first-order valence-corrected chi connectivity index (χ1v) is 7.45. The third-order valence-electron chi connectivity index (χ3n) is 2.84. The van der Waals surface area contributed by atoms with Crippen molar-refractivity contribution in [1.82, 2.24) is 4.72 Å². The number of carboxylic acids is 1. The second kappa shape index (κ2) is 6.27. The summed E-state index contributed by atoms with van der Waals surface area (Å²) in [5.74, 6) is -4.65. The van der Waals surface area contributed by atoms with Gasteiger partial charge < -0.3 is 5.11 Å². The highest BCUT2D eigenvalue weighted by molar-refractivity contribution is 7.89. The number of hydrogen-bond donors (Lipinski definition) is 2. The van der Waals surface area contributed by atoms with Gasteiger partial charge in [-0.15, -0.1) is 0 Å². The second-order valence-electron chi connectivity index (χ2n) is 4.21. The van der Waals surface area contributed by atoms with Crippen LogP contribution in [0.4, 0.5) is 8.78 Å². The first kappa shape index (κ1) is 16.5. The summed E-state index contributed by atoms with van der Waals surface area (Å²) in [5, 5.41) is 8.76. The van der Waals surface area contributed by atoms with Crippen molar-refractivity contribution in [3.63, 3.8) is 0 Å². The first-order chi connectivity index (χ1) is 9.22. The molecule has 0 saturated carbocycles. The fourth-order valence-corrected chi connectivity index (χ4v) is 3.14. The zero-order chi connectivity index (χ0) is 15.5. The Morgan fingerprint density at radius 3 is 2.30 bits per heavy atom.